The third-order valence-electron chi connectivity index (χ3n) is 3.27. The lowest BCUT2D eigenvalue weighted by Crippen LogP contribution is -2.00. The maximum absolute atomic E-state index is 11.4. The first-order chi connectivity index (χ1) is 10.2. The molecule has 2 aromatic carbocycles. The molecule has 104 valence electrons. The summed E-state index contributed by atoms with van der Waals surface area (Å²) < 4.78 is 4.67. The van der Waals surface area contributed by atoms with E-state index in [0.29, 0.717) is 5.56 Å². The lowest BCUT2D eigenvalue weighted by Gasteiger charge is -2.05. The predicted octanol–water partition coefficient (Wildman–Crippen LogP) is 3.39. The minimum Gasteiger partial charge on any atom is -0.508 e. The normalized spacial score (nSPS) is 10.5. The molecule has 0 fully saturated rings. The van der Waals surface area contributed by atoms with Gasteiger partial charge in [0.1, 0.15) is 5.75 Å². The van der Waals surface area contributed by atoms with Crippen molar-refractivity contribution in [1.29, 1.82) is 0 Å². The Balaban J connectivity index is 2.00. The number of pyridine rings is 1. The maximum atomic E-state index is 11.4. The number of nitrogens with zero attached hydrogens (tertiary/aromatic N) is 1. The van der Waals surface area contributed by atoms with Crippen LogP contribution in [0.5, 0.6) is 5.75 Å². The maximum Gasteiger partial charge on any atom is 0.337 e. The number of carbonyl (C=O) groups excluding carboxylic acids is 1. The molecule has 1 heterocycles. The van der Waals surface area contributed by atoms with E-state index in [2.05, 4.69) is 9.72 Å². The average Bonchev–Trinajstić information content (AvgIpc) is 2.53. The third-order valence-corrected chi connectivity index (χ3v) is 3.27. The largest absolute Gasteiger partial charge is 0.508 e. The molecular weight excluding hydrogens is 266 g/mol. The first-order valence-corrected chi connectivity index (χ1v) is 6.46. The lowest BCUT2D eigenvalue weighted by atomic mass is 10.1. The first kappa shape index (κ1) is 13.1. The number of rotatable bonds is 2. The van der Waals surface area contributed by atoms with Crippen LogP contribution in [0.25, 0.3) is 22.2 Å². The zero-order valence-electron chi connectivity index (χ0n) is 11.4. The number of phenols is 1. The fourth-order valence-electron chi connectivity index (χ4n) is 2.17. The van der Waals surface area contributed by atoms with Gasteiger partial charge >= 0.3 is 5.97 Å². The van der Waals surface area contributed by atoms with Gasteiger partial charge in [0.15, 0.2) is 0 Å². The van der Waals surface area contributed by atoms with Gasteiger partial charge in [-0.2, -0.15) is 0 Å². The van der Waals surface area contributed by atoms with Crippen LogP contribution in [-0.4, -0.2) is 23.2 Å². The van der Waals surface area contributed by atoms with Crippen LogP contribution in [0.2, 0.25) is 0 Å². The van der Waals surface area contributed by atoms with Crippen LogP contribution in [-0.2, 0) is 4.74 Å². The summed E-state index contributed by atoms with van der Waals surface area (Å²) in [5.41, 5.74) is 3.04. The molecule has 0 radical (unpaired) electrons. The van der Waals surface area contributed by atoms with Crippen LogP contribution in [0.1, 0.15) is 10.4 Å². The van der Waals surface area contributed by atoms with Crippen molar-refractivity contribution in [1.82, 2.24) is 4.98 Å². The van der Waals surface area contributed by atoms with E-state index in [1.165, 1.54) is 7.11 Å². The number of benzene rings is 2. The van der Waals surface area contributed by atoms with Gasteiger partial charge in [0.2, 0.25) is 0 Å². The third kappa shape index (κ3) is 2.56. The minimum atomic E-state index is -0.358. The number of esters is 1. The highest BCUT2D eigenvalue weighted by atomic mass is 16.5. The van der Waals surface area contributed by atoms with Crippen molar-refractivity contribution in [3.63, 3.8) is 0 Å². The molecule has 0 atom stereocenters. The summed E-state index contributed by atoms with van der Waals surface area (Å²) in [5, 5.41) is 10.3. The number of carbonyl (C=O) groups is 1. The SMILES string of the molecule is COC(=O)c1ccc(-c2ccc3cc(O)ccc3n2)cc1. The number of hydrogen-bond donors (Lipinski definition) is 1. The van der Waals surface area contributed by atoms with E-state index >= 15 is 0 Å². The van der Waals surface area contributed by atoms with Crippen molar-refractivity contribution in [3.8, 4) is 17.0 Å². The van der Waals surface area contributed by atoms with E-state index in [-0.39, 0.29) is 11.7 Å². The molecule has 21 heavy (non-hydrogen) atoms. The number of phenolic OH excluding ortho intramolecular Hbond substituents is 1. The standard InChI is InChI=1S/C17H13NO3/c1-21-17(20)12-4-2-11(3-5-12)15-8-6-13-10-14(19)7-9-16(13)18-15/h2-10,19H,1H3. The van der Waals surface area contributed by atoms with Gasteiger partial charge in [-0.05, 0) is 36.4 Å². The number of aromatic hydroxyl groups is 1. The number of methoxy groups -OCH3 is 1. The second-order valence-electron chi connectivity index (χ2n) is 4.64. The summed E-state index contributed by atoms with van der Waals surface area (Å²) in [6.07, 6.45) is 0. The Labute approximate surface area is 121 Å². The monoisotopic (exact) mass is 279 g/mol. The van der Waals surface area contributed by atoms with Crippen LogP contribution >= 0.6 is 0 Å². The van der Waals surface area contributed by atoms with Crippen LogP contribution in [0.3, 0.4) is 0 Å². The Hall–Kier alpha value is -2.88. The average molecular weight is 279 g/mol. The summed E-state index contributed by atoms with van der Waals surface area (Å²) >= 11 is 0. The van der Waals surface area contributed by atoms with E-state index in [4.69, 9.17) is 0 Å². The van der Waals surface area contributed by atoms with Crippen molar-refractivity contribution < 1.29 is 14.6 Å². The molecule has 1 N–H and O–H groups in total. The zero-order chi connectivity index (χ0) is 14.8. The molecule has 0 amide bonds. The topological polar surface area (TPSA) is 59.4 Å². The second-order valence-corrected chi connectivity index (χ2v) is 4.64. The molecule has 3 aromatic rings. The van der Waals surface area contributed by atoms with Gasteiger partial charge < -0.3 is 9.84 Å². The van der Waals surface area contributed by atoms with Crippen molar-refractivity contribution in [3.05, 3.63) is 60.2 Å². The highest BCUT2D eigenvalue weighted by Crippen LogP contribution is 2.23. The lowest BCUT2D eigenvalue weighted by molar-refractivity contribution is 0.0601. The molecule has 0 bridgehead atoms. The number of aromatic nitrogens is 1. The van der Waals surface area contributed by atoms with Crippen LogP contribution in [0, 0.1) is 0 Å². The Bertz CT molecular complexity index is 810. The summed E-state index contributed by atoms with van der Waals surface area (Å²) in [6, 6.07) is 15.9. The van der Waals surface area contributed by atoms with E-state index in [1.807, 2.05) is 24.3 Å². The second kappa shape index (κ2) is 5.25. The Morgan fingerprint density at radius 2 is 1.81 bits per heavy atom. The molecule has 0 aliphatic carbocycles. The molecule has 0 saturated carbocycles. The van der Waals surface area contributed by atoms with Crippen molar-refractivity contribution in [2.75, 3.05) is 7.11 Å². The van der Waals surface area contributed by atoms with Crippen molar-refractivity contribution in [2.45, 2.75) is 0 Å². The molecular formula is C17H13NO3. The zero-order valence-corrected chi connectivity index (χ0v) is 11.4. The molecule has 4 heteroatoms. The summed E-state index contributed by atoms with van der Waals surface area (Å²) in [4.78, 5) is 16.0. The molecule has 0 aliphatic rings. The smallest absolute Gasteiger partial charge is 0.337 e. The van der Waals surface area contributed by atoms with Gasteiger partial charge in [0.25, 0.3) is 0 Å². The van der Waals surface area contributed by atoms with E-state index < -0.39 is 0 Å². The molecule has 0 saturated heterocycles. The minimum absolute atomic E-state index is 0.222. The fraction of sp³-hybridized carbons (Fsp3) is 0.0588. The van der Waals surface area contributed by atoms with Gasteiger partial charge in [-0.1, -0.05) is 18.2 Å². The highest BCUT2D eigenvalue weighted by Gasteiger charge is 2.06. The number of fused-ring (bicyclic) bond motifs is 1. The van der Waals surface area contributed by atoms with E-state index in [0.717, 1.165) is 22.2 Å². The van der Waals surface area contributed by atoms with Crippen molar-refractivity contribution in [2.24, 2.45) is 0 Å². The van der Waals surface area contributed by atoms with Crippen LogP contribution < -0.4 is 0 Å². The summed E-state index contributed by atoms with van der Waals surface area (Å²) in [7, 11) is 1.36. The van der Waals surface area contributed by atoms with Crippen LogP contribution in [0.4, 0.5) is 0 Å². The summed E-state index contributed by atoms with van der Waals surface area (Å²) in [6.45, 7) is 0. The molecule has 0 spiro atoms. The molecule has 4 nitrogen and oxygen atoms in total. The van der Waals surface area contributed by atoms with Gasteiger partial charge in [-0.25, -0.2) is 9.78 Å². The number of ether oxygens (including phenoxy) is 1. The van der Waals surface area contributed by atoms with Gasteiger partial charge in [0.05, 0.1) is 23.9 Å². The Morgan fingerprint density at radius 3 is 2.52 bits per heavy atom. The quantitative estimate of drug-likeness (QED) is 0.730. The van der Waals surface area contributed by atoms with Gasteiger partial charge in [0, 0.05) is 10.9 Å². The predicted molar refractivity (Wildman–Crippen MR) is 80.2 cm³/mol. The summed E-state index contributed by atoms with van der Waals surface area (Å²) in [5.74, 6) is -0.136. The van der Waals surface area contributed by atoms with Gasteiger partial charge in [-0.3, -0.25) is 0 Å². The molecule has 0 unspecified atom stereocenters. The number of hydrogen-bond acceptors (Lipinski definition) is 4. The molecule has 3 rings (SSSR count). The van der Waals surface area contributed by atoms with Crippen molar-refractivity contribution >= 4 is 16.9 Å². The van der Waals surface area contributed by atoms with E-state index in [9.17, 15) is 9.90 Å². The highest BCUT2D eigenvalue weighted by molar-refractivity contribution is 5.90. The molecule has 1 aromatic heterocycles. The van der Waals surface area contributed by atoms with Gasteiger partial charge in [-0.15, -0.1) is 0 Å². The first-order valence-electron chi connectivity index (χ1n) is 6.46. The Morgan fingerprint density at radius 1 is 1.05 bits per heavy atom. The van der Waals surface area contributed by atoms with E-state index in [1.54, 1.807) is 30.3 Å². The van der Waals surface area contributed by atoms with Crippen LogP contribution in [0.15, 0.2) is 54.6 Å². The fourth-order valence-corrected chi connectivity index (χ4v) is 2.17. The molecule has 0 aliphatic heterocycles. The Kier molecular flexibility index (Phi) is 3.28.